The van der Waals surface area contributed by atoms with E-state index in [0.717, 1.165) is 24.2 Å². The van der Waals surface area contributed by atoms with E-state index in [1.54, 1.807) is 18.2 Å². The Balaban J connectivity index is 1.62. The van der Waals surface area contributed by atoms with Crippen molar-refractivity contribution in [3.8, 4) is 5.75 Å². The Morgan fingerprint density at radius 2 is 1.63 bits per heavy atom. The molecular weight excluding hydrogens is 440 g/mol. The largest absolute Gasteiger partial charge is 0.496 e. The Hall–Kier alpha value is -3.80. The zero-order valence-electron chi connectivity index (χ0n) is 20.3. The van der Waals surface area contributed by atoms with Gasteiger partial charge in [0.25, 0.3) is 0 Å². The van der Waals surface area contributed by atoms with Gasteiger partial charge >= 0.3 is 5.97 Å². The Kier molecular flexibility index (Phi) is 8.03. The molecule has 182 valence electrons. The number of anilines is 1. The topological polar surface area (TPSA) is 67.9 Å². The Morgan fingerprint density at radius 1 is 0.914 bits per heavy atom. The number of hydrogen-bond acceptors (Lipinski definition) is 5. The van der Waals surface area contributed by atoms with Crippen LogP contribution in [0.25, 0.3) is 0 Å². The highest BCUT2D eigenvalue weighted by Crippen LogP contribution is 2.33. The van der Waals surface area contributed by atoms with E-state index in [2.05, 4.69) is 28.4 Å². The molecule has 4 rings (SSSR count). The molecule has 1 unspecified atom stereocenters. The van der Waals surface area contributed by atoms with Gasteiger partial charge in [0.05, 0.1) is 32.2 Å². The molecule has 1 N–H and O–H groups in total. The first-order valence-electron chi connectivity index (χ1n) is 12.0. The predicted molar refractivity (Wildman–Crippen MR) is 137 cm³/mol. The third-order valence-electron chi connectivity index (χ3n) is 6.44. The monoisotopic (exact) mass is 472 g/mol. The highest BCUT2D eigenvalue weighted by Gasteiger charge is 2.24. The van der Waals surface area contributed by atoms with E-state index in [0.29, 0.717) is 16.9 Å². The second-order valence-corrected chi connectivity index (χ2v) is 8.71. The van der Waals surface area contributed by atoms with Gasteiger partial charge < -0.3 is 19.7 Å². The maximum absolute atomic E-state index is 13.3. The van der Waals surface area contributed by atoms with E-state index in [1.807, 2.05) is 36.4 Å². The third kappa shape index (κ3) is 5.83. The number of esters is 1. The molecule has 3 aromatic rings. The van der Waals surface area contributed by atoms with Gasteiger partial charge in [0.2, 0.25) is 5.91 Å². The number of para-hydroxylation sites is 1. The number of nitrogens with zero attached hydrogens (tertiary/aromatic N) is 1. The molecule has 0 radical (unpaired) electrons. The second-order valence-electron chi connectivity index (χ2n) is 8.71. The minimum absolute atomic E-state index is 0.125. The van der Waals surface area contributed by atoms with Crippen LogP contribution in [0.2, 0.25) is 0 Å². The molecule has 1 amide bonds. The van der Waals surface area contributed by atoms with Crippen LogP contribution in [-0.2, 0) is 16.0 Å². The van der Waals surface area contributed by atoms with Gasteiger partial charge in [-0.25, -0.2) is 4.79 Å². The van der Waals surface area contributed by atoms with Gasteiger partial charge in [-0.2, -0.15) is 0 Å². The van der Waals surface area contributed by atoms with E-state index in [4.69, 9.17) is 9.47 Å². The van der Waals surface area contributed by atoms with Crippen LogP contribution in [0.15, 0.2) is 72.8 Å². The summed E-state index contributed by atoms with van der Waals surface area (Å²) < 4.78 is 10.3. The van der Waals surface area contributed by atoms with E-state index in [-0.39, 0.29) is 18.4 Å². The van der Waals surface area contributed by atoms with Crippen LogP contribution < -0.4 is 15.0 Å². The highest BCUT2D eigenvalue weighted by molar-refractivity contribution is 5.90. The molecule has 1 heterocycles. The summed E-state index contributed by atoms with van der Waals surface area (Å²) >= 11 is 0. The minimum atomic E-state index is -0.447. The number of piperidine rings is 1. The first-order chi connectivity index (χ1) is 17.1. The normalized spacial score (nSPS) is 14.2. The fraction of sp³-hybridized carbons (Fsp3) is 0.310. The zero-order valence-corrected chi connectivity index (χ0v) is 20.3. The van der Waals surface area contributed by atoms with Crippen molar-refractivity contribution in [3.63, 3.8) is 0 Å². The molecule has 6 nitrogen and oxygen atoms in total. The third-order valence-corrected chi connectivity index (χ3v) is 6.44. The Bertz CT molecular complexity index is 1160. The molecule has 0 bridgehead atoms. The van der Waals surface area contributed by atoms with E-state index in [9.17, 15) is 9.59 Å². The molecule has 1 atom stereocenters. The lowest BCUT2D eigenvalue weighted by atomic mass is 9.95. The average molecular weight is 473 g/mol. The van der Waals surface area contributed by atoms with Gasteiger partial charge in [0.15, 0.2) is 0 Å². The molecule has 0 spiro atoms. The van der Waals surface area contributed by atoms with Crippen molar-refractivity contribution < 1.29 is 19.1 Å². The first kappa shape index (κ1) is 24.3. The maximum atomic E-state index is 13.3. The second kappa shape index (κ2) is 11.6. The molecule has 1 fully saturated rings. The molecule has 1 aliphatic rings. The number of benzene rings is 3. The van der Waals surface area contributed by atoms with Crippen LogP contribution in [-0.4, -0.2) is 39.2 Å². The standard InChI is InChI=1S/C29H32N2O4/c1-34-26-19-23(29(33)35-2)16-15-22(26)20-27(32)30-28(21-11-5-3-6-12-21)24-13-7-8-14-25(24)31-17-9-4-10-18-31/h3,5-8,11-16,19,28H,4,9-10,17-18,20H2,1-2H3,(H,30,32). The molecule has 0 saturated carbocycles. The minimum Gasteiger partial charge on any atom is -0.496 e. The predicted octanol–water partition coefficient (Wildman–Crippen LogP) is 4.92. The number of ether oxygens (including phenoxy) is 2. The molecular formula is C29H32N2O4. The van der Waals surface area contributed by atoms with Crippen molar-refractivity contribution in [1.29, 1.82) is 0 Å². The quantitative estimate of drug-likeness (QED) is 0.472. The summed E-state index contributed by atoms with van der Waals surface area (Å²) in [6.07, 6.45) is 3.74. The fourth-order valence-electron chi connectivity index (χ4n) is 4.66. The SMILES string of the molecule is COC(=O)c1ccc(CC(=O)NC(c2ccccc2)c2ccccc2N2CCCCC2)c(OC)c1. The van der Waals surface area contributed by atoms with Gasteiger partial charge in [-0.1, -0.05) is 54.6 Å². The first-order valence-corrected chi connectivity index (χ1v) is 12.0. The van der Waals surface area contributed by atoms with Crippen molar-refractivity contribution in [2.75, 3.05) is 32.2 Å². The van der Waals surface area contributed by atoms with Crippen molar-refractivity contribution >= 4 is 17.6 Å². The number of carbonyl (C=O) groups excluding carboxylic acids is 2. The summed E-state index contributed by atoms with van der Waals surface area (Å²) in [4.78, 5) is 27.6. The molecule has 1 saturated heterocycles. The van der Waals surface area contributed by atoms with Crippen LogP contribution in [0.3, 0.4) is 0 Å². The molecule has 3 aromatic carbocycles. The fourth-order valence-corrected chi connectivity index (χ4v) is 4.66. The van der Waals surface area contributed by atoms with E-state index in [1.165, 1.54) is 39.2 Å². The van der Waals surface area contributed by atoms with Crippen molar-refractivity contribution in [1.82, 2.24) is 5.32 Å². The summed E-state index contributed by atoms with van der Waals surface area (Å²) in [5.74, 6) is -0.0952. The number of methoxy groups -OCH3 is 2. The highest BCUT2D eigenvalue weighted by atomic mass is 16.5. The van der Waals surface area contributed by atoms with Gasteiger partial charge in [-0.3, -0.25) is 4.79 Å². The summed E-state index contributed by atoms with van der Waals surface area (Å²) in [6.45, 7) is 2.05. The number of rotatable bonds is 8. The van der Waals surface area contributed by atoms with Crippen molar-refractivity contribution in [2.45, 2.75) is 31.7 Å². The van der Waals surface area contributed by atoms with Gasteiger partial charge in [-0.15, -0.1) is 0 Å². The van der Waals surface area contributed by atoms with Crippen LogP contribution >= 0.6 is 0 Å². The number of carbonyl (C=O) groups is 2. The number of hydrogen-bond donors (Lipinski definition) is 1. The maximum Gasteiger partial charge on any atom is 0.337 e. The van der Waals surface area contributed by atoms with Crippen LogP contribution in [0.1, 0.15) is 52.4 Å². The van der Waals surface area contributed by atoms with E-state index < -0.39 is 5.97 Å². The number of amides is 1. The lowest BCUT2D eigenvalue weighted by Gasteiger charge is -2.33. The Labute approximate surface area is 206 Å². The number of nitrogens with one attached hydrogen (secondary N) is 1. The summed E-state index contributed by atoms with van der Waals surface area (Å²) in [5.41, 5.74) is 4.36. The lowest BCUT2D eigenvalue weighted by molar-refractivity contribution is -0.121. The lowest BCUT2D eigenvalue weighted by Crippen LogP contribution is -2.34. The average Bonchev–Trinajstić information content (AvgIpc) is 2.92. The van der Waals surface area contributed by atoms with Gasteiger partial charge in [0.1, 0.15) is 5.75 Å². The smallest absolute Gasteiger partial charge is 0.337 e. The van der Waals surface area contributed by atoms with Crippen molar-refractivity contribution in [2.24, 2.45) is 0 Å². The summed E-state index contributed by atoms with van der Waals surface area (Å²) in [6, 6.07) is 23.1. The van der Waals surface area contributed by atoms with Gasteiger partial charge in [-0.05, 0) is 43.0 Å². The van der Waals surface area contributed by atoms with Crippen LogP contribution in [0.4, 0.5) is 5.69 Å². The molecule has 1 aliphatic heterocycles. The summed E-state index contributed by atoms with van der Waals surface area (Å²) in [7, 11) is 2.86. The van der Waals surface area contributed by atoms with Gasteiger partial charge in [0, 0.05) is 29.9 Å². The molecule has 0 aromatic heterocycles. The van der Waals surface area contributed by atoms with Crippen LogP contribution in [0, 0.1) is 0 Å². The molecule has 0 aliphatic carbocycles. The summed E-state index contributed by atoms with van der Waals surface area (Å²) in [5, 5.41) is 3.26. The van der Waals surface area contributed by atoms with Crippen molar-refractivity contribution in [3.05, 3.63) is 95.1 Å². The zero-order chi connectivity index (χ0) is 24.6. The Morgan fingerprint density at radius 3 is 2.34 bits per heavy atom. The molecule has 6 heteroatoms. The van der Waals surface area contributed by atoms with Crippen LogP contribution in [0.5, 0.6) is 5.75 Å². The molecule has 35 heavy (non-hydrogen) atoms. The van der Waals surface area contributed by atoms with E-state index >= 15 is 0 Å².